The van der Waals surface area contributed by atoms with Gasteiger partial charge in [0.25, 0.3) is 0 Å². The van der Waals surface area contributed by atoms with Gasteiger partial charge in [0.1, 0.15) is 6.10 Å². The first kappa shape index (κ1) is 17.3. The van der Waals surface area contributed by atoms with E-state index in [-0.39, 0.29) is 5.12 Å². The number of hydrogen-bond donors (Lipinski definition) is 2. The summed E-state index contributed by atoms with van der Waals surface area (Å²) in [6.45, 7) is 3.51. The van der Waals surface area contributed by atoms with Gasteiger partial charge in [-0.2, -0.15) is 0 Å². The van der Waals surface area contributed by atoms with E-state index in [9.17, 15) is 15.0 Å². The monoisotopic (exact) mass is 323 g/mol. The number of benzene rings is 1. The minimum absolute atomic E-state index is 0.0374. The van der Waals surface area contributed by atoms with Crippen LogP contribution in [0.2, 0.25) is 0 Å². The Kier molecular flexibility index (Phi) is 6.73. The Bertz CT molecular complexity index is 489. The highest BCUT2D eigenvalue weighted by Gasteiger charge is 2.23. The zero-order chi connectivity index (χ0) is 15.9. The summed E-state index contributed by atoms with van der Waals surface area (Å²) in [4.78, 5) is 13.2. The van der Waals surface area contributed by atoms with Crippen LogP contribution in [0.15, 0.2) is 24.3 Å². The third-order valence-electron chi connectivity index (χ3n) is 4.04. The lowest BCUT2D eigenvalue weighted by atomic mass is 9.99. The van der Waals surface area contributed by atoms with Crippen LogP contribution < -0.4 is 4.90 Å². The number of nitrogens with zero attached hydrogens (tertiary/aromatic N) is 1. The molecule has 0 bridgehead atoms. The van der Waals surface area contributed by atoms with E-state index in [2.05, 4.69) is 4.90 Å². The average molecular weight is 323 g/mol. The van der Waals surface area contributed by atoms with Crippen LogP contribution in [0.1, 0.15) is 44.3 Å². The van der Waals surface area contributed by atoms with E-state index < -0.39 is 12.2 Å². The van der Waals surface area contributed by atoms with E-state index in [0.717, 1.165) is 24.3 Å². The second-order valence-electron chi connectivity index (χ2n) is 5.75. The molecule has 1 saturated heterocycles. The van der Waals surface area contributed by atoms with Crippen molar-refractivity contribution in [2.45, 2.75) is 44.8 Å². The zero-order valence-electron chi connectivity index (χ0n) is 13.1. The Morgan fingerprint density at radius 2 is 1.91 bits per heavy atom. The van der Waals surface area contributed by atoms with Crippen LogP contribution in [0.25, 0.3) is 0 Å². The van der Waals surface area contributed by atoms with E-state index in [1.807, 2.05) is 24.3 Å². The second kappa shape index (κ2) is 8.56. The molecule has 0 aromatic heterocycles. The van der Waals surface area contributed by atoms with Crippen molar-refractivity contribution in [2.24, 2.45) is 0 Å². The van der Waals surface area contributed by atoms with Gasteiger partial charge in [-0.05, 0) is 31.7 Å². The topological polar surface area (TPSA) is 60.8 Å². The molecule has 0 amide bonds. The lowest BCUT2D eigenvalue weighted by Crippen LogP contribution is -2.31. The summed E-state index contributed by atoms with van der Waals surface area (Å²) in [5.41, 5.74) is 1.80. The SMILES string of the molecule is CC(=O)SCCC(O)C(O)c1ccccc1N1CCCCC1. The van der Waals surface area contributed by atoms with E-state index >= 15 is 0 Å². The molecular weight excluding hydrogens is 298 g/mol. The summed E-state index contributed by atoms with van der Waals surface area (Å²) in [6.07, 6.45) is 2.24. The lowest BCUT2D eigenvalue weighted by Gasteiger charge is -2.32. The summed E-state index contributed by atoms with van der Waals surface area (Å²) in [5, 5.41) is 20.7. The standard InChI is InChI=1S/C17H25NO3S/c1-13(19)22-12-9-16(20)17(21)14-7-3-4-8-15(14)18-10-5-2-6-11-18/h3-4,7-8,16-17,20-21H,2,5-6,9-12H2,1H3. The number of thioether (sulfide) groups is 1. The van der Waals surface area contributed by atoms with Gasteiger partial charge in [0, 0.05) is 37.0 Å². The van der Waals surface area contributed by atoms with Gasteiger partial charge in [-0.3, -0.25) is 4.79 Å². The Hall–Kier alpha value is -1.04. The van der Waals surface area contributed by atoms with E-state index in [4.69, 9.17) is 0 Å². The van der Waals surface area contributed by atoms with Crippen LogP contribution in [0.3, 0.4) is 0 Å². The highest BCUT2D eigenvalue weighted by Crippen LogP contribution is 2.31. The van der Waals surface area contributed by atoms with Crippen LogP contribution in [0, 0.1) is 0 Å². The fourth-order valence-corrected chi connectivity index (χ4v) is 3.50. The number of aliphatic hydroxyl groups excluding tert-OH is 2. The summed E-state index contributed by atoms with van der Waals surface area (Å²) in [5.74, 6) is 0.527. The number of rotatable bonds is 6. The molecule has 4 nitrogen and oxygen atoms in total. The van der Waals surface area contributed by atoms with Gasteiger partial charge in [0.2, 0.25) is 0 Å². The Morgan fingerprint density at radius 1 is 1.23 bits per heavy atom. The van der Waals surface area contributed by atoms with Crippen molar-refractivity contribution in [3.8, 4) is 0 Å². The molecule has 2 N–H and O–H groups in total. The molecule has 2 rings (SSSR count). The number of anilines is 1. The highest BCUT2D eigenvalue weighted by molar-refractivity contribution is 8.13. The Balaban J connectivity index is 2.05. The maximum atomic E-state index is 10.9. The van der Waals surface area contributed by atoms with Crippen LogP contribution in [-0.2, 0) is 4.79 Å². The first-order valence-electron chi connectivity index (χ1n) is 7.93. The maximum Gasteiger partial charge on any atom is 0.185 e. The van der Waals surface area contributed by atoms with E-state index in [0.29, 0.717) is 12.2 Å². The Morgan fingerprint density at radius 3 is 2.59 bits per heavy atom. The number of aliphatic hydroxyl groups is 2. The molecule has 1 heterocycles. The van der Waals surface area contributed by atoms with Crippen LogP contribution in [-0.4, -0.2) is 40.3 Å². The maximum absolute atomic E-state index is 10.9. The van der Waals surface area contributed by atoms with Gasteiger partial charge in [-0.15, -0.1) is 0 Å². The molecule has 2 atom stereocenters. The highest BCUT2D eigenvalue weighted by atomic mass is 32.2. The smallest absolute Gasteiger partial charge is 0.185 e. The number of carbonyl (C=O) groups is 1. The minimum atomic E-state index is -0.911. The summed E-state index contributed by atoms with van der Waals surface area (Å²) in [7, 11) is 0. The molecule has 1 aromatic carbocycles. The van der Waals surface area contributed by atoms with Gasteiger partial charge >= 0.3 is 0 Å². The van der Waals surface area contributed by atoms with E-state index in [1.54, 1.807) is 0 Å². The van der Waals surface area contributed by atoms with Crippen LogP contribution in [0.5, 0.6) is 0 Å². The molecule has 122 valence electrons. The molecule has 1 aliphatic heterocycles. The molecule has 1 aromatic rings. The molecule has 1 aliphatic rings. The van der Waals surface area contributed by atoms with Gasteiger partial charge in [-0.1, -0.05) is 30.0 Å². The molecule has 22 heavy (non-hydrogen) atoms. The molecule has 0 saturated carbocycles. The van der Waals surface area contributed by atoms with Crippen molar-refractivity contribution in [1.29, 1.82) is 0 Å². The quantitative estimate of drug-likeness (QED) is 0.843. The third kappa shape index (κ3) is 4.73. The molecular formula is C17H25NO3S. The molecule has 1 fully saturated rings. The van der Waals surface area contributed by atoms with Crippen molar-refractivity contribution in [2.75, 3.05) is 23.7 Å². The number of piperidine rings is 1. The molecule has 0 radical (unpaired) electrons. The van der Waals surface area contributed by atoms with Gasteiger partial charge < -0.3 is 15.1 Å². The number of para-hydroxylation sites is 1. The second-order valence-corrected chi connectivity index (χ2v) is 7.02. The lowest BCUT2D eigenvalue weighted by molar-refractivity contribution is -0.109. The molecule has 2 unspecified atom stereocenters. The minimum Gasteiger partial charge on any atom is -0.390 e. The molecule has 0 aliphatic carbocycles. The van der Waals surface area contributed by atoms with Crippen LogP contribution in [0.4, 0.5) is 5.69 Å². The molecule has 0 spiro atoms. The predicted molar refractivity (Wildman–Crippen MR) is 91.2 cm³/mol. The summed E-state index contributed by atoms with van der Waals surface area (Å²) in [6, 6.07) is 7.76. The van der Waals surface area contributed by atoms with Crippen molar-refractivity contribution in [1.82, 2.24) is 0 Å². The van der Waals surface area contributed by atoms with E-state index in [1.165, 1.54) is 37.9 Å². The Labute approximate surface area is 136 Å². The zero-order valence-corrected chi connectivity index (χ0v) is 13.9. The first-order valence-corrected chi connectivity index (χ1v) is 8.91. The van der Waals surface area contributed by atoms with Crippen molar-refractivity contribution >= 4 is 22.6 Å². The third-order valence-corrected chi connectivity index (χ3v) is 4.88. The average Bonchev–Trinajstić information content (AvgIpc) is 2.54. The van der Waals surface area contributed by atoms with Crippen molar-refractivity contribution in [3.63, 3.8) is 0 Å². The summed E-state index contributed by atoms with van der Waals surface area (Å²) >= 11 is 1.18. The number of hydrogen-bond acceptors (Lipinski definition) is 5. The number of carbonyl (C=O) groups excluding carboxylic acids is 1. The van der Waals surface area contributed by atoms with Crippen molar-refractivity contribution < 1.29 is 15.0 Å². The van der Waals surface area contributed by atoms with Crippen LogP contribution >= 0.6 is 11.8 Å². The van der Waals surface area contributed by atoms with Gasteiger partial charge in [0.05, 0.1) is 6.10 Å². The molecule has 5 heteroatoms. The van der Waals surface area contributed by atoms with Gasteiger partial charge in [-0.25, -0.2) is 0 Å². The largest absolute Gasteiger partial charge is 0.390 e. The normalized spacial score (nSPS) is 18.0. The fraction of sp³-hybridized carbons (Fsp3) is 0.588. The first-order chi connectivity index (χ1) is 10.6. The van der Waals surface area contributed by atoms with Crippen molar-refractivity contribution in [3.05, 3.63) is 29.8 Å². The fourth-order valence-electron chi connectivity index (χ4n) is 2.85. The van der Waals surface area contributed by atoms with Gasteiger partial charge in [0.15, 0.2) is 5.12 Å². The summed E-state index contributed by atoms with van der Waals surface area (Å²) < 4.78 is 0. The predicted octanol–water partition coefficient (Wildman–Crippen LogP) is 2.74.